The number of nitrogens with zero attached hydrogens (tertiary/aromatic N) is 1. The van der Waals surface area contributed by atoms with Gasteiger partial charge in [-0.1, -0.05) is 23.7 Å². The molecule has 3 N–H and O–H groups in total. The number of nitrogens with one attached hydrogen (secondary N) is 1. The summed E-state index contributed by atoms with van der Waals surface area (Å²) in [5.41, 5.74) is 1.09. The number of quaternary nitrogens is 1. The molecule has 2 rings (SSSR count). The van der Waals surface area contributed by atoms with Crippen LogP contribution in [0.5, 0.6) is 0 Å². The first-order valence-electron chi connectivity index (χ1n) is 8.07. The Balaban J connectivity index is 1.72. The molecule has 0 aliphatic heterocycles. The van der Waals surface area contributed by atoms with Crippen molar-refractivity contribution in [2.24, 2.45) is 0 Å². The maximum Gasteiger partial charge on any atom is 0.277 e. The van der Waals surface area contributed by atoms with Crippen LogP contribution in [0.15, 0.2) is 47.1 Å². The van der Waals surface area contributed by atoms with Crippen molar-refractivity contribution in [2.75, 3.05) is 20.1 Å². The zero-order chi connectivity index (χ0) is 18.2. The fourth-order valence-corrected chi connectivity index (χ4v) is 2.42. The molecule has 2 amide bonds. The number of hydrogen-bond acceptors (Lipinski definition) is 3. The summed E-state index contributed by atoms with van der Waals surface area (Å²) in [5.74, 6) is 0.347. The van der Waals surface area contributed by atoms with E-state index in [1.165, 1.54) is 4.90 Å². The number of carbonyl (C=O) groups is 2. The van der Waals surface area contributed by atoms with Crippen molar-refractivity contribution in [1.82, 2.24) is 10.2 Å². The summed E-state index contributed by atoms with van der Waals surface area (Å²) in [6, 6.07) is 11.2. The summed E-state index contributed by atoms with van der Waals surface area (Å²) in [7, 11) is 1.62. The molecule has 7 heteroatoms. The van der Waals surface area contributed by atoms with E-state index in [1.807, 2.05) is 36.5 Å². The maximum absolute atomic E-state index is 12.2. The van der Waals surface area contributed by atoms with E-state index in [0.717, 1.165) is 5.56 Å². The monoisotopic (exact) mass is 364 g/mol. The highest BCUT2D eigenvalue weighted by Gasteiger charge is 2.17. The number of carbonyl (C=O) groups excluding carboxylic acids is 2. The van der Waals surface area contributed by atoms with Gasteiger partial charge in [-0.2, -0.15) is 0 Å². The lowest BCUT2D eigenvalue weighted by Crippen LogP contribution is -2.87. The summed E-state index contributed by atoms with van der Waals surface area (Å²) in [5, 5.41) is 5.34. The molecule has 6 nitrogen and oxygen atoms in total. The Kier molecular flexibility index (Phi) is 7.03. The van der Waals surface area contributed by atoms with Gasteiger partial charge in [0, 0.05) is 17.6 Å². The van der Waals surface area contributed by atoms with Crippen LogP contribution >= 0.6 is 11.6 Å². The Morgan fingerprint density at radius 2 is 2.00 bits per heavy atom. The minimum Gasteiger partial charge on any atom is -0.467 e. The van der Waals surface area contributed by atoms with Gasteiger partial charge in [0.05, 0.1) is 19.4 Å². The van der Waals surface area contributed by atoms with Gasteiger partial charge < -0.3 is 20.0 Å². The predicted molar refractivity (Wildman–Crippen MR) is 94.9 cm³/mol. The van der Waals surface area contributed by atoms with Crippen molar-refractivity contribution in [3.8, 4) is 0 Å². The van der Waals surface area contributed by atoms with E-state index < -0.39 is 0 Å². The van der Waals surface area contributed by atoms with Crippen LogP contribution in [-0.2, 0) is 16.1 Å². The molecule has 0 radical (unpaired) electrons. The number of likely N-dealkylation sites (N-methyl/N-ethyl adjacent to an activating group) is 1. The van der Waals surface area contributed by atoms with Crippen molar-refractivity contribution in [1.29, 1.82) is 0 Å². The third-order valence-electron chi connectivity index (χ3n) is 3.89. The van der Waals surface area contributed by atoms with Gasteiger partial charge in [-0.15, -0.1) is 0 Å². The molecular formula is C18H23ClN3O3+. The molecule has 0 fully saturated rings. The molecule has 0 unspecified atom stereocenters. The SMILES string of the molecule is C[C@H]([NH2+]CC(=O)N(C)CC(=O)NCc1ccco1)c1ccc(Cl)cc1. The zero-order valence-electron chi connectivity index (χ0n) is 14.4. The zero-order valence-corrected chi connectivity index (χ0v) is 15.1. The van der Waals surface area contributed by atoms with Gasteiger partial charge in [0.2, 0.25) is 5.91 Å². The number of benzene rings is 1. The lowest BCUT2D eigenvalue weighted by molar-refractivity contribution is -0.683. The minimum atomic E-state index is -0.224. The van der Waals surface area contributed by atoms with Crippen LogP contribution in [0.25, 0.3) is 0 Å². The molecule has 0 aliphatic rings. The van der Waals surface area contributed by atoms with Gasteiger partial charge in [0.15, 0.2) is 6.54 Å². The van der Waals surface area contributed by atoms with Crippen LogP contribution in [0.3, 0.4) is 0 Å². The lowest BCUT2D eigenvalue weighted by atomic mass is 10.1. The standard InChI is InChI=1S/C18H22ClN3O3/c1-13(14-5-7-15(19)8-6-14)20-11-18(24)22(2)12-17(23)21-10-16-4-3-9-25-16/h3-9,13,20H,10-12H2,1-2H3,(H,21,23)/p+1/t13-/m0/s1. The predicted octanol–water partition coefficient (Wildman–Crippen LogP) is 1.33. The Morgan fingerprint density at radius 3 is 2.64 bits per heavy atom. The number of halogens is 1. The Morgan fingerprint density at radius 1 is 1.28 bits per heavy atom. The largest absolute Gasteiger partial charge is 0.467 e. The number of rotatable bonds is 8. The van der Waals surface area contributed by atoms with Crippen LogP contribution in [0.1, 0.15) is 24.3 Å². The van der Waals surface area contributed by atoms with Crippen LogP contribution in [0, 0.1) is 0 Å². The molecule has 2 aromatic rings. The molecule has 25 heavy (non-hydrogen) atoms. The fraction of sp³-hybridized carbons (Fsp3) is 0.333. The molecule has 134 valence electrons. The van der Waals surface area contributed by atoms with E-state index in [-0.39, 0.29) is 30.9 Å². The lowest BCUT2D eigenvalue weighted by Gasteiger charge is -2.17. The third kappa shape index (κ3) is 6.25. The Hall–Kier alpha value is -2.31. The number of nitrogens with two attached hydrogens (primary N) is 1. The maximum atomic E-state index is 12.2. The Labute approximate surface area is 152 Å². The highest BCUT2D eigenvalue weighted by atomic mass is 35.5. The third-order valence-corrected chi connectivity index (χ3v) is 4.14. The summed E-state index contributed by atoms with van der Waals surface area (Å²) in [6.07, 6.45) is 1.55. The molecule has 1 aromatic heterocycles. The molecule has 0 saturated carbocycles. The van der Waals surface area contributed by atoms with Crippen LogP contribution in [0.4, 0.5) is 0 Å². The quantitative estimate of drug-likeness (QED) is 0.741. The minimum absolute atomic E-state index is 0.0166. The van der Waals surface area contributed by atoms with Gasteiger partial charge in [-0.3, -0.25) is 9.59 Å². The van der Waals surface area contributed by atoms with Crippen LogP contribution in [-0.4, -0.2) is 36.9 Å². The van der Waals surface area contributed by atoms with Crippen LogP contribution in [0.2, 0.25) is 5.02 Å². The molecule has 0 spiro atoms. The van der Waals surface area contributed by atoms with Gasteiger partial charge in [0.1, 0.15) is 11.8 Å². The van der Waals surface area contributed by atoms with E-state index in [0.29, 0.717) is 17.3 Å². The van der Waals surface area contributed by atoms with E-state index in [4.69, 9.17) is 16.0 Å². The average Bonchev–Trinajstić information content (AvgIpc) is 3.11. The second kappa shape index (κ2) is 9.25. The van der Waals surface area contributed by atoms with Crippen molar-refractivity contribution < 1.29 is 19.3 Å². The molecule has 1 aromatic carbocycles. The van der Waals surface area contributed by atoms with E-state index >= 15 is 0 Å². The summed E-state index contributed by atoms with van der Waals surface area (Å²) in [4.78, 5) is 25.5. The number of furan rings is 1. The van der Waals surface area contributed by atoms with Gasteiger partial charge >= 0.3 is 0 Å². The van der Waals surface area contributed by atoms with Crippen molar-refractivity contribution in [3.05, 3.63) is 59.0 Å². The first-order valence-corrected chi connectivity index (χ1v) is 8.45. The average molecular weight is 365 g/mol. The first kappa shape index (κ1) is 19.0. The highest BCUT2D eigenvalue weighted by molar-refractivity contribution is 6.30. The fourth-order valence-electron chi connectivity index (χ4n) is 2.29. The molecule has 0 saturated heterocycles. The topological polar surface area (TPSA) is 79.2 Å². The summed E-state index contributed by atoms with van der Waals surface area (Å²) in [6.45, 7) is 2.62. The number of hydrogen-bond donors (Lipinski definition) is 2. The van der Waals surface area contributed by atoms with Crippen molar-refractivity contribution in [2.45, 2.75) is 19.5 Å². The van der Waals surface area contributed by atoms with E-state index in [1.54, 1.807) is 25.4 Å². The second-order valence-corrected chi connectivity index (χ2v) is 6.32. The van der Waals surface area contributed by atoms with E-state index in [9.17, 15) is 9.59 Å². The van der Waals surface area contributed by atoms with E-state index in [2.05, 4.69) is 5.32 Å². The molecular weight excluding hydrogens is 342 g/mol. The summed E-state index contributed by atoms with van der Waals surface area (Å²) >= 11 is 5.88. The highest BCUT2D eigenvalue weighted by Crippen LogP contribution is 2.13. The molecule has 0 bridgehead atoms. The smallest absolute Gasteiger partial charge is 0.277 e. The second-order valence-electron chi connectivity index (χ2n) is 5.89. The van der Waals surface area contributed by atoms with Gasteiger partial charge in [0.25, 0.3) is 5.91 Å². The molecule has 0 aliphatic carbocycles. The normalized spacial score (nSPS) is 11.8. The Bertz CT molecular complexity index is 686. The first-order chi connectivity index (χ1) is 12.0. The van der Waals surface area contributed by atoms with Crippen molar-refractivity contribution >= 4 is 23.4 Å². The summed E-state index contributed by atoms with van der Waals surface area (Å²) < 4.78 is 5.14. The molecule has 1 atom stereocenters. The number of amides is 2. The van der Waals surface area contributed by atoms with Crippen molar-refractivity contribution in [3.63, 3.8) is 0 Å². The van der Waals surface area contributed by atoms with Gasteiger partial charge in [-0.25, -0.2) is 0 Å². The van der Waals surface area contributed by atoms with Crippen LogP contribution < -0.4 is 10.6 Å². The van der Waals surface area contributed by atoms with Gasteiger partial charge in [-0.05, 0) is 31.2 Å². The molecule has 1 heterocycles.